The number of hydrogen-bond donors (Lipinski definition) is 1. The Morgan fingerprint density at radius 2 is 2.10 bits per heavy atom. The van der Waals surface area contributed by atoms with Gasteiger partial charge < -0.3 is 10.6 Å². The number of piperidine rings is 1. The maximum atomic E-state index is 13.1. The number of nitrogens with zero attached hydrogens (tertiary/aromatic N) is 1. The molecule has 1 heterocycles. The summed E-state index contributed by atoms with van der Waals surface area (Å²) in [7, 11) is 0. The first-order valence-electron chi connectivity index (χ1n) is 8.29. The smallest absolute Gasteiger partial charge is 0.230 e. The quantitative estimate of drug-likeness (QED) is 0.908. The van der Waals surface area contributed by atoms with Crippen molar-refractivity contribution < 1.29 is 4.79 Å². The van der Waals surface area contributed by atoms with E-state index in [9.17, 15) is 4.79 Å². The largest absolute Gasteiger partial charge is 0.339 e. The summed E-state index contributed by atoms with van der Waals surface area (Å²) in [5.74, 6) is 0.866. The highest BCUT2D eigenvalue weighted by Crippen LogP contribution is 2.34. The summed E-state index contributed by atoms with van der Waals surface area (Å²) in [4.78, 5) is 15.2. The molecule has 1 amide bonds. The molecule has 3 rings (SSSR count). The predicted octanol–water partition coefficient (Wildman–Crippen LogP) is 2.69. The van der Waals surface area contributed by atoms with Crippen molar-refractivity contribution in [2.45, 2.75) is 51.0 Å². The molecule has 2 N–H and O–H groups in total. The predicted molar refractivity (Wildman–Crippen MR) is 85.1 cm³/mol. The first-order chi connectivity index (χ1) is 10.2. The average molecular weight is 286 g/mol. The van der Waals surface area contributed by atoms with E-state index in [0.29, 0.717) is 24.4 Å². The van der Waals surface area contributed by atoms with Gasteiger partial charge in [0.05, 0.1) is 5.92 Å². The van der Waals surface area contributed by atoms with Gasteiger partial charge in [0.15, 0.2) is 0 Å². The molecule has 0 radical (unpaired) electrons. The van der Waals surface area contributed by atoms with E-state index in [4.69, 9.17) is 5.73 Å². The molecule has 2 aliphatic rings. The molecule has 1 saturated heterocycles. The van der Waals surface area contributed by atoms with Gasteiger partial charge in [0.25, 0.3) is 0 Å². The first-order valence-corrected chi connectivity index (χ1v) is 8.29. The van der Waals surface area contributed by atoms with Gasteiger partial charge >= 0.3 is 0 Å². The van der Waals surface area contributed by atoms with E-state index in [0.717, 1.165) is 38.6 Å². The summed E-state index contributed by atoms with van der Waals surface area (Å²) in [6.07, 6.45) is 5.47. The van der Waals surface area contributed by atoms with E-state index >= 15 is 0 Å². The van der Waals surface area contributed by atoms with E-state index < -0.39 is 0 Å². The molecule has 3 atom stereocenters. The van der Waals surface area contributed by atoms with Crippen molar-refractivity contribution in [2.75, 3.05) is 13.1 Å². The number of carbonyl (C=O) groups excluding carboxylic acids is 1. The van der Waals surface area contributed by atoms with Crippen LogP contribution >= 0.6 is 0 Å². The molecule has 3 unspecified atom stereocenters. The van der Waals surface area contributed by atoms with Crippen LogP contribution in [0.15, 0.2) is 24.3 Å². The summed E-state index contributed by atoms with van der Waals surface area (Å²) in [6, 6.07) is 8.82. The molecule has 3 nitrogen and oxygen atoms in total. The molecule has 1 aromatic carbocycles. The van der Waals surface area contributed by atoms with Crippen LogP contribution in [0.1, 0.15) is 49.7 Å². The van der Waals surface area contributed by atoms with Gasteiger partial charge in [0.1, 0.15) is 0 Å². The zero-order chi connectivity index (χ0) is 14.8. The number of amides is 1. The Morgan fingerprint density at radius 1 is 1.29 bits per heavy atom. The lowest BCUT2D eigenvalue weighted by Gasteiger charge is -2.40. The summed E-state index contributed by atoms with van der Waals surface area (Å²) in [5, 5.41) is 0. The second kappa shape index (κ2) is 6.18. The Balaban J connectivity index is 1.82. The SMILES string of the molecule is CC1CCC(CN)CN1C(=O)C1CCCc2ccccc21. The first kappa shape index (κ1) is 14.6. The van der Waals surface area contributed by atoms with Gasteiger partial charge in [-0.2, -0.15) is 0 Å². The van der Waals surface area contributed by atoms with Crippen LogP contribution < -0.4 is 5.73 Å². The fourth-order valence-corrected chi connectivity index (χ4v) is 3.89. The van der Waals surface area contributed by atoms with Gasteiger partial charge in [-0.25, -0.2) is 0 Å². The summed E-state index contributed by atoms with van der Waals surface area (Å²) in [6.45, 7) is 3.71. The van der Waals surface area contributed by atoms with Crippen LogP contribution in [0.3, 0.4) is 0 Å². The second-order valence-electron chi connectivity index (χ2n) is 6.66. The summed E-state index contributed by atoms with van der Waals surface area (Å²) < 4.78 is 0. The fraction of sp³-hybridized carbons (Fsp3) is 0.611. The van der Waals surface area contributed by atoms with Crippen LogP contribution in [-0.2, 0) is 11.2 Å². The monoisotopic (exact) mass is 286 g/mol. The Bertz CT molecular complexity index is 514. The lowest BCUT2D eigenvalue weighted by Crippen LogP contribution is -2.49. The molecule has 0 saturated carbocycles. The van der Waals surface area contributed by atoms with Crippen LogP contribution in [0.2, 0.25) is 0 Å². The average Bonchev–Trinajstić information content (AvgIpc) is 2.54. The second-order valence-corrected chi connectivity index (χ2v) is 6.66. The normalized spacial score (nSPS) is 29.0. The number of likely N-dealkylation sites (tertiary alicyclic amines) is 1. The van der Waals surface area contributed by atoms with E-state index in [1.165, 1.54) is 11.1 Å². The molecule has 21 heavy (non-hydrogen) atoms. The van der Waals surface area contributed by atoms with Crippen molar-refractivity contribution in [3.63, 3.8) is 0 Å². The van der Waals surface area contributed by atoms with Crippen LogP contribution in [0, 0.1) is 5.92 Å². The fourth-order valence-electron chi connectivity index (χ4n) is 3.89. The van der Waals surface area contributed by atoms with Crippen LogP contribution in [0.5, 0.6) is 0 Å². The van der Waals surface area contributed by atoms with Crippen LogP contribution in [0.25, 0.3) is 0 Å². The maximum absolute atomic E-state index is 13.1. The topological polar surface area (TPSA) is 46.3 Å². The zero-order valence-electron chi connectivity index (χ0n) is 12.9. The minimum atomic E-state index is 0.0638. The van der Waals surface area contributed by atoms with Gasteiger partial charge in [-0.15, -0.1) is 0 Å². The van der Waals surface area contributed by atoms with Crippen molar-refractivity contribution in [1.82, 2.24) is 4.90 Å². The number of benzene rings is 1. The Morgan fingerprint density at radius 3 is 2.90 bits per heavy atom. The Labute approximate surface area is 127 Å². The molecule has 1 fully saturated rings. The molecule has 0 aromatic heterocycles. The molecule has 0 spiro atoms. The third kappa shape index (κ3) is 2.84. The molecular weight excluding hydrogens is 260 g/mol. The van der Waals surface area contributed by atoms with Crippen molar-refractivity contribution in [3.05, 3.63) is 35.4 Å². The summed E-state index contributed by atoms with van der Waals surface area (Å²) >= 11 is 0. The molecule has 1 aromatic rings. The molecule has 1 aliphatic heterocycles. The molecule has 1 aliphatic carbocycles. The van der Waals surface area contributed by atoms with Crippen LogP contribution in [-0.4, -0.2) is 29.9 Å². The highest BCUT2D eigenvalue weighted by atomic mass is 16.2. The number of carbonyl (C=O) groups is 1. The van der Waals surface area contributed by atoms with Crippen molar-refractivity contribution in [1.29, 1.82) is 0 Å². The van der Waals surface area contributed by atoms with Gasteiger partial charge in [-0.1, -0.05) is 24.3 Å². The van der Waals surface area contributed by atoms with Gasteiger partial charge in [-0.3, -0.25) is 4.79 Å². The summed E-state index contributed by atoms with van der Waals surface area (Å²) in [5.41, 5.74) is 8.45. The van der Waals surface area contributed by atoms with Gasteiger partial charge in [0, 0.05) is 12.6 Å². The standard InChI is InChI=1S/C18H26N2O/c1-13-9-10-14(11-19)12-20(13)18(21)17-8-4-6-15-5-2-3-7-16(15)17/h2-3,5,7,13-14,17H,4,6,8-12,19H2,1H3. The van der Waals surface area contributed by atoms with E-state index in [-0.39, 0.29) is 5.92 Å². The van der Waals surface area contributed by atoms with Crippen molar-refractivity contribution >= 4 is 5.91 Å². The maximum Gasteiger partial charge on any atom is 0.230 e. The lowest BCUT2D eigenvalue weighted by molar-refractivity contribution is -0.137. The van der Waals surface area contributed by atoms with Gasteiger partial charge in [-0.05, 0) is 62.6 Å². The molecule has 3 heteroatoms. The van der Waals surface area contributed by atoms with Crippen molar-refractivity contribution in [3.8, 4) is 0 Å². The van der Waals surface area contributed by atoms with E-state index in [2.05, 4.69) is 36.1 Å². The zero-order valence-corrected chi connectivity index (χ0v) is 12.9. The molecule has 114 valence electrons. The minimum Gasteiger partial charge on any atom is -0.339 e. The number of rotatable bonds is 2. The number of fused-ring (bicyclic) bond motifs is 1. The lowest BCUT2D eigenvalue weighted by atomic mass is 9.81. The third-order valence-corrected chi connectivity index (χ3v) is 5.26. The number of aryl methyl sites for hydroxylation is 1. The minimum absolute atomic E-state index is 0.0638. The third-order valence-electron chi connectivity index (χ3n) is 5.26. The Kier molecular flexibility index (Phi) is 4.29. The highest BCUT2D eigenvalue weighted by molar-refractivity contribution is 5.84. The van der Waals surface area contributed by atoms with Crippen molar-refractivity contribution in [2.24, 2.45) is 11.7 Å². The van der Waals surface area contributed by atoms with Gasteiger partial charge in [0.2, 0.25) is 5.91 Å². The van der Waals surface area contributed by atoms with E-state index in [1.54, 1.807) is 0 Å². The number of hydrogen-bond acceptors (Lipinski definition) is 2. The molecular formula is C18H26N2O. The molecule has 0 bridgehead atoms. The number of nitrogens with two attached hydrogens (primary N) is 1. The van der Waals surface area contributed by atoms with E-state index in [1.807, 2.05) is 0 Å². The Hall–Kier alpha value is -1.35. The highest BCUT2D eigenvalue weighted by Gasteiger charge is 2.34. The van der Waals surface area contributed by atoms with Crippen LogP contribution in [0.4, 0.5) is 0 Å².